The summed E-state index contributed by atoms with van der Waals surface area (Å²) in [6.07, 6.45) is 7.81. The van der Waals surface area contributed by atoms with Crippen LogP contribution in [0.4, 0.5) is 5.69 Å². The summed E-state index contributed by atoms with van der Waals surface area (Å²) in [6.45, 7) is 0. The lowest BCUT2D eigenvalue weighted by Gasteiger charge is -2.25. The van der Waals surface area contributed by atoms with Crippen LogP contribution < -0.4 is 5.32 Å². The van der Waals surface area contributed by atoms with Gasteiger partial charge in [0.05, 0.1) is 10.6 Å². The van der Waals surface area contributed by atoms with Gasteiger partial charge >= 0.3 is 0 Å². The molecule has 0 saturated heterocycles. The fraction of sp³-hybridized carbons (Fsp3) is 0.409. The highest BCUT2D eigenvalue weighted by Gasteiger charge is 2.24. The van der Waals surface area contributed by atoms with Crippen LogP contribution in [0.2, 0.25) is 0 Å². The Balaban J connectivity index is 1.44. The lowest BCUT2D eigenvalue weighted by Crippen LogP contribution is -2.18. The van der Waals surface area contributed by atoms with Crippen molar-refractivity contribution in [3.8, 4) is 0 Å². The Morgan fingerprint density at radius 2 is 1.91 bits per heavy atom. The van der Waals surface area contributed by atoms with Gasteiger partial charge in [-0.25, -0.2) is 8.42 Å². The van der Waals surface area contributed by atoms with Crippen LogP contribution in [0.25, 0.3) is 0 Å². The number of sulfone groups is 1. The molecule has 1 amide bonds. The Hall–Kier alpha value is -2.17. The van der Waals surface area contributed by atoms with Gasteiger partial charge in [-0.15, -0.1) is 21.5 Å². The fourth-order valence-corrected chi connectivity index (χ4v) is 6.07. The van der Waals surface area contributed by atoms with Crippen LogP contribution in [0.3, 0.4) is 0 Å². The Morgan fingerprint density at radius 3 is 2.56 bits per heavy atom. The van der Waals surface area contributed by atoms with E-state index in [2.05, 4.69) is 31.5 Å². The van der Waals surface area contributed by atoms with Crippen molar-refractivity contribution >= 4 is 44.5 Å². The van der Waals surface area contributed by atoms with Gasteiger partial charge in [0.1, 0.15) is 5.82 Å². The SMILES string of the molecule is CS(=O)(=O)c1ccc(NC(=O)CSc2nnc(Cc3cccs3)n2C2CCCCC2)cc1. The zero-order chi connectivity index (χ0) is 22.6. The first-order valence-corrected chi connectivity index (χ1v) is 14.3. The molecule has 1 saturated carbocycles. The molecule has 0 atom stereocenters. The molecule has 2 heterocycles. The third-order valence-corrected chi connectivity index (χ3v) is 8.43. The van der Waals surface area contributed by atoms with E-state index >= 15 is 0 Å². The van der Waals surface area contributed by atoms with E-state index < -0.39 is 9.84 Å². The minimum absolute atomic E-state index is 0.167. The molecule has 4 rings (SSSR count). The summed E-state index contributed by atoms with van der Waals surface area (Å²) in [7, 11) is -3.26. The number of carbonyl (C=O) groups excluding carboxylic acids is 1. The van der Waals surface area contributed by atoms with Gasteiger partial charge in [-0.05, 0) is 48.6 Å². The number of rotatable bonds is 8. The second-order valence-corrected chi connectivity index (χ2v) is 11.9. The van der Waals surface area contributed by atoms with Crippen LogP contribution in [-0.2, 0) is 21.1 Å². The predicted molar refractivity (Wildman–Crippen MR) is 128 cm³/mol. The molecule has 0 unspecified atom stereocenters. The van der Waals surface area contributed by atoms with Crippen LogP contribution in [0.1, 0.15) is 48.8 Å². The van der Waals surface area contributed by atoms with Gasteiger partial charge in [0.15, 0.2) is 15.0 Å². The Kier molecular flexibility index (Phi) is 7.32. The molecule has 3 aromatic rings. The molecule has 170 valence electrons. The van der Waals surface area contributed by atoms with Crippen molar-refractivity contribution < 1.29 is 13.2 Å². The molecule has 32 heavy (non-hydrogen) atoms. The number of hydrogen-bond acceptors (Lipinski definition) is 7. The van der Waals surface area contributed by atoms with Gasteiger partial charge in [0.2, 0.25) is 5.91 Å². The lowest BCUT2D eigenvalue weighted by molar-refractivity contribution is -0.113. The largest absolute Gasteiger partial charge is 0.325 e. The molecule has 10 heteroatoms. The number of nitrogens with zero attached hydrogens (tertiary/aromatic N) is 3. The van der Waals surface area contributed by atoms with Crippen LogP contribution >= 0.6 is 23.1 Å². The summed E-state index contributed by atoms with van der Waals surface area (Å²) in [4.78, 5) is 14.0. The van der Waals surface area contributed by atoms with Gasteiger partial charge in [0, 0.05) is 29.3 Å². The molecule has 0 bridgehead atoms. The second kappa shape index (κ2) is 10.2. The number of benzene rings is 1. The van der Waals surface area contributed by atoms with E-state index in [9.17, 15) is 13.2 Å². The molecule has 0 radical (unpaired) electrons. The quantitative estimate of drug-likeness (QED) is 0.465. The topological polar surface area (TPSA) is 93.9 Å². The van der Waals surface area contributed by atoms with E-state index in [0.717, 1.165) is 36.5 Å². The summed E-state index contributed by atoms with van der Waals surface area (Å²) in [5, 5.41) is 14.6. The number of aromatic nitrogens is 3. The third-order valence-electron chi connectivity index (χ3n) is 5.49. The van der Waals surface area contributed by atoms with Crippen molar-refractivity contribution in [2.24, 2.45) is 0 Å². The number of amides is 1. The first-order chi connectivity index (χ1) is 15.4. The highest BCUT2D eigenvalue weighted by Crippen LogP contribution is 2.33. The van der Waals surface area contributed by atoms with Gasteiger partial charge in [0.25, 0.3) is 0 Å². The molecule has 1 fully saturated rings. The van der Waals surface area contributed by atoms with Crippen molar-refractivity contribution in [1.82, 2.24) is 14.8 Å². The molecule has 7 nitrogen and oxygen atoms in total. The summed E-state index contributed by atoms with van der Waals surface area (Å²) >= 11 is 3.11. The van der Waals surface area contributed by atoms with Crippen molar-refractivity contribution in [1.29, 1.82) is 0 Å². The Bertz CT molecular complexity index is 1150. The second-order valence-electron chi connectivity index (χ2n) is 7.95. The number of nitrogens with one attached hydrogen (secondary N) is 1. The molecule has 1 aliphatic carbocycles. The van der Waals surface area contributed by atoms with Crippen LogP contribution in [0.5, 0.6) is 0 Å². The van der Waals surface area contributed by atoms with Gasteiger partial charge in [-0.3, -0.25) is 4.79 Å². The standard InChI is InChI=1S/C22H26N4O3S3/c1-32(28,29)19-11-9-16(10-12-19)23-21(27)15-31-22-25-24-20(14-18-8-5-13-30-18)26(22)17-6-3-2-4-7-17/h5,8-13,17H,2-4,6-7,14-15H2,1H3,(H,23,27). The van der Waals surface area contributed by atoms with E-state index in [1.54, 1.807) is 23.5 Å². The minimum Gasteiger partial charge on any atom is -0.325 e. The summed E-state index contributed by atoms with van der Waals surface area (Å²) in [5.74, 6) is 0.997. The van der Waals surface area contributed by atoms with E-state index in [-0.39, 0.29) is 16.6 Å². The normalized spacial score (nSPS) is 15.0. The monoisotopic (exact) mass is 490 g/mol. The van der Waals surface area contributed by atoms with E-state index in [1.165, 1.54) is 48.0 Å². The van der Waals surface area contributed by atoms with Crippen LogP contribution in [0, 0.1) is 0 Å². The maximum Gasteiger partial charge on any atom is 0.234 e. The maximum absolute atomic E-state index is 12.5. The number of thioether (sulfide) groups is 1. The smallest absolute Gasteiger partial charge is 0.234 e. The Labute approximate surface area is 196 Å². The molecular formula is C22H26N4O3S3. The molecule has 2 aromatic heterocycles. The zero-order valence-electron chi connectivity index (χ0n) is 17.9. The number of thiophene rings is 1. The average Bonchev–Trinajstić information content (AvgIpc) is 3.43. The summed E-state index contributed by atoms with van der Waals surface area (Å²) in [5.41, 5.74) is 0.565. The summed E-state index contributed by atoms with van der Waals surface area (Å²) < 4.78 is 25.4. The highest BCUT2D eigenvalue weighted by atomic mass is 32.2. The van der Waals surface area contributed by atoms with Gasteiger partial charge < -0.3 is 9.88 Å². The number of carbonyl (C=O) groups is 1. The maximum atomic E-state index is 12.5. The number of anilines is 1. The fourth-order valence-electron chi connectivity index (χ4n) is 3.91. The highest BCUT2D eigenvalue weighted by molar-refractivity contribution is 7.99. The van der Waals surface area contributed by atoms with E-state index in [1.807, 2.05) is 6.07 Å². The van der Waals surface area contributed by atoms with Crippen molar-refractivity contribution in [2.75, 3.05) is 17.3 Å². The molecule has 1 N–H and O–H groups in total. The van der Waals surface area contributed by atoms with Crippen molar-refractivity contribution in [3.63, 3.8) is 0 Å². The first kappa shape index (κ1) is 23.0. The average molecular weight is 491 g/mol. The summed E-state index contributed by atoms with van der Waals surface area (Å²) in [6, 6.07) is 10.7. The Morgan fingerprint density at radius 1 is 1.16 bits per heavy atom. The van der Waals surface area contributed by atoms with Crippen molar-refractivity contribution in [2.45, 2.75) is 54.6 Å². The number of hydrogen-bond donors (Lipinski definition) is 1. The minimum atomic E-state index is -3.26. The first-order valence-electron chi connectivity index (χ1n) is 10.6. The van der Waals surface area contributed by atoms with Crippen molar-refractivity contribution in [3.05, 3.63) is 52.5 Å². The van der Waals surface area contributed by atoms with E-state index in [4.69, 9.17) is 0 Å². The van der Waals surface area contributed by atoms with Gasteiger partial charge in [-0.1, -0.05) is 37.1 Å². The lowest BCUT2D eigenvalue weighted by atomic mass is 9.95. The van der Waals surface area contributed by atoms with Crippen LogP contribution in [0.15, 0.2) is 51.8 Å². The molecule has 1 aromatic carbocycles. The molecule has 0 spiro atoms. The van der Waals surface area contributed by atoms with Crippen LogP contribution in [-0.4, -0.2) is 41.1 Å². The third kappa shape index (κ3) is 5.79. The molecular weight excluding hydrogens is 464 g/mol. The molecule has 0 aliphatic heterocycles. The predicted octanol–water partition coefficient (Wildman–Crippen LogP) is 4.57. The van der Waals surface area contributed by atoms with Gasteiger partial charge in [-0.2, -0.15) is 0 Å². The van der Waals surface area contributed by atoms with E-state index in [0.29, 0.717) is 11.7 Å². The zero-order valence-corrected chi connectivity index (χ0v) is 20.3. The molecule has 1 aliphatic rings.